The van der Waals surface area contributed by atoms with Gasteiger partial charge in [-0.05, 0) is 24.6 Å². The third-order valence-corrected chi connectivity index (χ3v) is 3.09. The molecule has 2 atom stereocenters. The van der Waals surface area contributed by atoms with Crippen LogP contribution >= 0.6 is 15.9 Å². The van der Waals surface area contributed by atoms with Crippen LogP contribution in [0.15, 0.2) is 27.4 Å². The molecule has 16 heavy (non-hydrogen) atoms. The van der Waals surface area contributed by atoms with Gasteiger partial charge in [-0.25, -0.2) is 4.79 Å². The monoisotopic (exact) mass is 285 g/mol. The smallest absolute Gasteiger partial charge is 0.408 e. The van der Waals surface area contributed by atoms with Crippen LogP contribution in [0.3, 0.4) is 0 Å². The molecule has 0 amide bonds. The van der Waals surface area contributed by atoms with Crippen molar-refractivity contribution in [1.82, 2.24) is 4.57 Å². The van der Waals surface area contributed by atoms with Crippen molar-refractivity contribution in [2.45, 2.75) is 17.9 Å². The molecule has 1 heterocycles. The molecule has 2 aromatic rings. The van der Waals surface area contributed by atoms with Crippen LogP contribution in [-0.2, 0) is 7.05 Å². The molecule has 0 bridgehead atoms. The van der Waals surface area contributed by atoms with Gasteiger partial charge in [-0.1, -0.05) is 22.0 Å². The number of oxazole rings is 1. The highest BCUT2D eigenvalue weighted by Gasteiger charge is 2.15. The Hall–Kier alpha value is -1.07. The van der Waals surface area contributed by atoms with E-state index in [1.807, 2.05) is 6.92 Å². The quantitative estimate of drug-likeness (QED) is 0.858. The van der Waals surface area contributed by atoms with Gasteiger partial charge in [0.2, 0.25) is 0 Å². The number of aliphatic hydroxyl groups excluding tert-OH is 1. The molecule has 0 aliphatic rings. The summed E-state index contributed by atoms with van der Waals surface area (Å²) in [5, 5.41) is 9.86. The lowest BCUT2D eigenvalue weighted by Gasteiger charge is -2.12. The Labute approximate surface area is 101 Å². The Morgan fingerprint density at radius 2 is 2.19 bits per heavy atom. The van der Waals surface area contributed by atoms with Gasteiger partial charge in [0.15, 0.2) is 5.58 Å². The minimum atomic E-state index is -0.616. The van der Waals surface area contributed by atoms with Crippen molar-refractivity contribution >= 4 is 27.0 Å². The molecule has 0 radical (unpaired) electrons. The Balaban J connectivity index is 2.57. The van der Waals surface area contributed by atoms with Crippen molar-refractivity contribution in [3.63, 3.8) is 0 Å². The third-order valence-electron chi connectivity index (χ3n) is 2.59. The molecule has 0 aliphatic carbocycles. The van der Waals surface area contributed by atoms with Crippen LogP contribution in [0.2, 0.25) is 0 Å². The summed E-state index contributed by atoms with van der Waals surface area (Å²) < 4.78 is 6.48. The average molecular weight is 286 g/mol. The van der Waals surface area contributed by atoms with Crippen molar-refractivity contribution in [1.29, 1.82) is 0 Å². The van der Waals surface area contributed by atoms with Gasteiger partial charge in [-0.15, -0.1) is 0 Å². The third kappa shape index (κ3) is 1.81. The van der Waals surface area contributed by atoms with Crippen molar-refractivity contribution < 1.29 is 9.52 Å². The van der Waals surface area contributed by atoms with Crippen LogP contribution in [0.25, 0.3) is 11.1 Å². The molecule has 86 valence electrons. The van der Waals surface area contributed by atoms with E-state index in [1.54, 1.807) is 25.2 Å². The van der Waals surface area contributed by atoms with Gasteiger partial charge >= 0.3 is 5.76 Å². The molecule has 1 N–H and O–H groups in total. The summed E-state index contributed by atoms with van der Waals surface area (Å²) in [5.74, 6) is -0.395. The number of hydrogen-bond acceptors (Lipinski definition) is 3. The normalized spacial score (nSPS) is 15.2. The number of aromatic nitrogens is 1. The lowest BCUT2D eigenvalue weighted by molar-refractivity contribution is 0.181. The molecular formula is C11H12BrNO3. The van der Waals surface area contributed by atoms with Gasteiger partial charge in [0.05, 0.1) is 11.6 Å². The molecule has 2 rings (SSSR count). The van der Waals surface area contributed by atoms with Crippen LogP contribution in [0, 0.1) is 0 Å². The predicted molar refractivity (Wildman–Crippen MR) is 64.8 cm³/mol. The lowest BCUT2D eigenvalue weighted by atomic mass is 10.1. The number of nitrogens with zero attached hydrogens (tertiary/aromatic N) is 1. The molecule has 1 aromatic carbocycles. The summed E-state index contributed by atoms with van der Waals surface area (Å²) >= 11 is 3.31. The molecule has 1 aromatic heterocycles. The average Bonchev–Trinajstić information content (AvgIpc) is 2.53. The van der Waals surface area contributed by atoms with Gasteiger partial charge in [0, 0.05) is 11.9 Å². The van der Waals surface area contributed by atoms with E-state index in [4.69, 9.17) is 4.42 Å². The number of rotatable bonds is 2. The number of alkyl halides is 1. The Morgan fingerprint density at radius 3 is 2.81 bits per heavy atom. The predicted octanol–water partition coefficient (Wildman–Crippen LogP) is 1.95. The Morgan fingerprint density at radius 1 is 1.50 bits per heavy atom. The fourth-order valence-electron chi connectivity index (χ4n) is 1.60. The van der Waals surface area contributed by atoms with Gasteiger partial charge < -0.3 is 9.52 Å². The van der Waals surface area contributed by atoms with Crippen LogP contribution in [-0.4, -0.2) is 14.5 Å². The van der Waals surface area contributed by atoms with E-state index in [1.165, 1.54) is 4.57 Å². The zero-order valence-electron chi connectivity index (χ0n) is 8.98. The second-order valence-electron chi connectivity index (χ2n) is 3.78. The van der Waals surface area contributed by atoms with Gasteiger partial charge in [0.1, 0.15) is 0 Å². The first-order valence-corrected chi connectivity index (χ1v) is 5.84. The van der Waals surface area contributed by atoms with E-state index in [-0.39, 0.29) is 4.83 Å². The molecule has 0 saturated carbocycles. The van der Waals surface area contributed by atoms with Gasteiger partial charge in [-0.2, -0.15) is 0 Å². The van der Waals surface area contributed by atoms with Crippen LogP contribution in [0.5, 0.6) is 0 Å². The first-order chi connectivity index (χ1) is 7.50. The van der Waals surface area contributed by atoms with E-state index < -0.39 is 11.9 Å². The largest absolute Gasteiger partial charge is 0.419 e. The highest BCUT2D eigenvalue weighted by atomic mass is 79.9. The summed E-state index contributed by atoms with van der Waals surface area (Å²) in [5.41, 5.74) is 1.95. The van der Waals surface area contributed by atoms with E-state index in [2.05, 4.69) is 15.9 Å². The maximum absolute atomic E-state index is 11.3. The molecule has 0 spiro atoms. The van der Waals surface area contributed by atoms with Crippen LogP contribution in [0.1, 0.15) is 18.6 Å². The molecule has 2 unspecified atom stereocenters. The number of fused-ring (bicyclic) bond motifs is 1. The van der Waals surface area contributed by atoms with Crippen LogP contribution in [0.4, 0.5) is 0 Å². The second-order valence-corrected chi connectivity index (χ2v) is 5.22. The standard InChI is InChI=1S/C11H12BrNO3/c1-6(12)10(14)7-3-4-8-9(5-7)16-11(15)13(8)2/h3-6,10,14H,1-2H3. The van der Waals surface area contributed by atoms with Crippen LogP contribution < -0.4 is 5.76 Å². The first kappa shape index (κ1) is 11.4. The lowest BCUT2D eigenvalue weighted by Crippen LogP contribution is -2.08. The topological polar surface area (TPSA) is 55.4 Å². The van der Waals surface area contributed by atoms with E-state index in [9.17, 15) is 9.90 Å². The van der Waals surface area contributed by atoms with E-state index in [0.717, 1.165) is 11.1 Å². The van der Waals surface area contributed by atoms with Crippen molar-refractivity contribution in [3.05, 3.63) is 34.3 Å². The highest BCUT2D eigenvalue weighted by Crippen LogP contribution is 2.24. The summed E-state index contributed by atoms with van der Waals surface area (Å²) in [6, 6.07) is 5.26. The summed E-state index contributed by atoms with van der Waals surface area (Å²) in [6.45, 7) is 1.86. The zero-order chi connectivity index (χ0) is 11.9. The molecular weight excluding hydrogens is 274 g/mol. The number of aliphatic hydroxyl groups is 1. The minimum Gasteiger partial charge on any atom is -0.408 e. The Bertz CT molecular complexity index is 570. The van der Waals surface area contributed by atoms with E-state index >= 15 is 0 Å². The van der Waals surface area contributed by atoms with Crippen molar-refractivity contribution in [3.8, 4) is 0 Å². The highest BCUT2D eigenvalue weighted by molar-refractivity contribution is 9.09. The fraction of sp³-hybridized carbons (Fsp3) is 0.364. The van der Waals surface area contributed by atoms with Gasteiger partial charge in [-0.3, -0.25) is 4.57 Å². The second kappa shape index (κ2) is 4.07. The molecule has 0 fully saturated rings. The van der Waals surface area contributed by atoms with Crippen molar-refractivity contribution in [2.24, 2.45) is 7.05 Å². The number of hydrogen-bond donors (Lipinski definition) is 1. The SMILES string of the molecule is CC(Br)C(O)c1ccc2c(c1)oc(=O)n2C. The summed E-state index contributed by atoms with van der Waals surface area (Å²) in [6.07, 6.45) is -0.616. The molecule has 4 nitrogen and oxygen atoms in total. The number of benzene rings is 1. The summed E-state index contributed by atoms with van der Waals surface area (Å²) in [4.78, 5) is 11.2. The van der Waals surface area contributed by atoms with Crippen molar-refractivity contribution in [2.75, 3.05) is 0 Å². The maximum atomic E-state index is 11.3. The first-order valence-electron chi connectivity index (χ1n) is 4.92. The summed E-state index contributed by atoms with van der Waals surface area (Å²) in [7, 11) is 1.65. The number of halogens is 1. The fourth-order valence-corrected chi connectivity index (χ4v) is 1.90. The minimum absolute atomic E-state index is 0.0552. The molecule has 0 saturated heterocycles. The maximum Gasteiger partial charge on any atom is 0.419 e. The van der Waals surface area contributed by atoms with E-state index in [0.29, 0.717) is 5.58 Å². The molecule has 5 heteroatoms. The zero-order valence-corrected chi connectivity index (χ0v) is 10.6. The number of aryl methyl sites for hydroxylation is 1. The molecule has 0 aliphatic heterocycles. The Kier molecular flexibility index (Phi) is 2.90. The van der Waals surface area contributed by atoms with Gasteiger partial charge in [0.25, 0.3) is 0 Å².